The number of nitrogens with one attached hydrogen (secondary N) is 2. The van der Waals surface area contributed by atoms with Crippen molar-refractivity contribution in [3.05, 3.63) is 81.5 Å². The maximum absolute atomic E-state index is 15.9. The van der Waals surface area contributed by atoms with Crippen LogP contribution in [0.5, 0.6) is 0 Å². The normalized spacial score (nSPS) is 20.6. The van der Waals surface area contributed by atoms with Crippen molar-refractivity contribution in [1.82, 2.24) is 14.8 Å². The first-order valence-electron chi connectivity index (χ1n) is 14.7. The molecule has 0 saturated carbocycles. The van der Waals surface area contributed by atoms with Crippen LogP contribution in [-0.2, 0) is 12.7 Å². The molecule has 1 aromatic heterocycles. The maximum Gasteiger partial charge on any atom is 0.417 e. The second-order valence-electron chi connectivity index (χ2n) is 11.8. The van der Waals surface area contributed by atoms with Crippen LogP contribution >= 0.6 is 0 Å². The lowest BCUT2D eigenvalue weighted by molar-refractivity contribution is -0.138. The third-order valence-electron chi connectivity index (χ3n) is 8.67. The fourth-order valence-corrected chi connectivity index (χ4v) is 5.99. The van der Waals surface area contributed by atoms with Crippen molar-refractivity contribution in [1.29, 1.82) is 0 Å². The SMILES string of the molecule is C[C@@H]1CN(c2cc(F)c(-c3cccc(CN4CCC(F)CC4)c3)cc2NC(=O)c2c[nH]c(=O)cc2C(F)(F)F)C[C@H](C)N1C. The summed E-state index contributed by atoms with van der Waals surface area (Å²) in [4.78, 5) is 33.4. The molecule has 0 radical (unpaired) electrons. The van der Waals surface area contributed by atoms with E-state index in [4.69, 9.17) is 0 Å². The number of carbonyl (C=O) groups excluding carboxylic acids is 1. The molecule has 2 fully saturated rings. The van der Waals surface area contributed by atoms with Gasteiger partial charge in [0.1, 0.15) is 12.0 Å². The van der Waals surface area contributed by atoms with Crippen LogP contribution in [0, 0.1) is 5.82 Å². The predicted octanol–water partition coefficient (Wildman–Crippen LogP) is 5.91. The molecule has 2 N–H and O–H groups in total. The van der Waals surface area contributed by atoms with E-state index < -0.39 is 40.8 Å². The third-order valence-corrected chi connectivity index (χ3v) is 8.67. The number of piperidine rings is 1. The first kappa shape index (κ1) is 31.6. The lowest BCUT2D eigenvalue weighted by Crippen LogP contribution is -2.55. The number of hydrogen-bond donors (Lipinski definition) is 2. The van der Waals surface area contributed by atoms with Crippen molar-refractivity contribution < 1.29 is 26.7 Å². The molecule has 12 heteroatoms. The highest BCUT2D eigenvalue weighted by atomic mass is 19.4. The Balaban J connectivity index is 1.53. The number of alkyl halides is 4. The maximum atomic E-state index is 15.9. The van der Waals surface area contributed by atoms with Crippen molar-refractivity contribution in [2.24, 2.45) is 0 Å². The van der Waals surface area contributed by atoms with Crippen LogP contribution in [0.15, 0.2) is 53.5 Å². The van der Waals surface area contributed by atoms with E-state index in [0.29, 0.717) is 62.9 Å². The van der Waals surface area contributed by atoms with E-state index in [0.717, 1.165) is 11.8 Å². The molecule has 0 unspecified atom stereocenters. The molecule has 3 heterocycles. The fraction of sp³-hybridized carbons (Fsp3) is 0.438. The van der Waals surface area contributed by atoms with Gasteiger partial charge in [0.15, 0.2) is 0 Å². The van der Waals surface area contributed by atoms with Gasteiger partial charge in [0.25, 0.3) is 5.91 Å². The highest BCUT2D eigenvalue weighted by Crippen LogP contribution is 2.37. The summed E-state index contributed by atoms with van der Waals surface area (Å²) in [6.07, 6.45) is -4.07. The monoisotopic (exact) mass is 617 g/mol. The van der Waals surface area contributed by atoms with Crippen LogP contribution in [0.1, 0.15) is 48.2 Å². The molecule has 7 nitrogen and oxygen atoms in total. The Morgan fingerprint density at radius 3 is 2.39 bits per heavy atom. The van der Waals surface area contributed by atoms with E-state index in [1.54, 1.807) is 12.1 Å². The Morgan fingerprint density at radius 2 is 1.73 bits per heavy atom. The van der Waals surface area contributed by atoms with E-state index >= 15 is 4.39 Å². The molecule has 44 heavy (non-hydrogen) atoms. The minimum Gasteiger partial charge on any atom is -0.367 e. The summed E-state index contributed by atoms with van der Waals surface area (Å²) in [7, 11) is 1.99. The van der Waals surface area contributed by atoms with Gasteiger partial charge in [0.2, 0.25) is 5.56 Å². The molecule has 2 atom stereocenters. The molecular formula is C32H36F5N5O2. The Labute approximate surface area is 252 Å². The largest absolute Gasteiger partial charge is 0.417 e. The summed E-state index contributed by atoms with van der Waals surface area (Å²) in [5, 5.41) is 2.59. The number of carbonyl (C=O) groups is 1. The lowest BCUT2D eigenvalue weighted by Gasteiger charge is -2.44. The van der Waals surface area contributed by atoms with E-state index in [2.05, 4.69) is 20.1 Å². The number of nitrogens with zero attached hydrogens (tertiary/aromatic N) is 3. The molecule has 5 rings (SSSR count). The zero-order valence-corrected chi connectivity index (χ0v) is 24.8. The van der Waals surface area contributed by atoms with Crippen molar-refractivity contribution in [2.75, 3.05) is 43.4 Å². The van der Waals surface area contributed by atoms with Crippen molar-refractivity contribution in [2.45, 2.75) is 57.7 Å². The van der Waals surface area contributed by atoms with Gasteiger partial charge in [-0.3, -0.25) is 19.4 Å². The average molecular weight is 618 g/mol. The van der Waals surface area contributed by atoms with Crippen LogP contribution in [0.2, 0.25) is 0 Å². The summed E-state index contributed by atoms with van der Waals surface area (Å²) in [5.41, 5.74) is -1.03. The Kier molecular flexibility index (Phi) is 9.12. The smallest absolute Gasteiger partial charge is 0.367 e. The summed E-state index contributed by atoms with van der Waals surface area (Å²) in [6, 6.07) is 10.5. The summed E-state index contributed by atoms with van der Waals surface area (Å²) in [6.45, 7) is 6.84. The van der Waals surface area contributed by atoms with Gasteiger partial charge in [0, 0.05) is 62.6 Å². The zero-order valence-electron chi connectivity index (χ0n) is 24.8. The van der Waals surface area contributed by atoms with Gasteiger partial charge in [0.05, 0.1) is 22.5 Å². The first-order chi connectivity index (χ1) is 20.8. The summed E-state index contributed by atoms with van der Waals surface area (Å²) >= 11 is 0. The van der Waals surface area contributed by atoms with Crippen LogP contribution in [0.25, 0.3) is 11.1 Å². The Hall–Kier alpha value is -3.77. The van der Waals surface area contributed by atoms with Gasteiger partial charge < -0.3 is 15.2 Å². The number of aromatic nitrogens is 1. The van der Waals surface area contributed by atoms with Gasteiger partial charge >= 0.3 is 6.18 Å². The van der Waals surface area contributed by atoms with Crippen LogP contribution in [-0.4, -0.2) is 72.2 Å². The number of H-pyrrole nitrogens is 1. The van der Waals surface area contributed by atoms with Crippen LogP contribution < -0.4 is 15.8 Å². The number of halogens is 5. The second kappa shape index (κ2) is 12.7. The number of piperazine rings is 1. The molecule has 236 valence electrons. The molecule has 2 saturated heterocycles. The molecule has 1 amide bonds. The van der Waals surface area contributed by atoms with E-state index in [1.165, 1.54) is 12.1 Å². The molecule has 0 aliphatic carbocycles. The third kappa shape index (κ3) is 6.96. The first-order valence-corrected chi connectivity index (χ1v) is 14.7. The molecule has 3 aromatic rings. The highest BCUT2D eigenvalue weighted by molar-refractivity contribution is 6.07. The van der Waals surface area contributed by atoms with E-state index in [-0.39, 0.29) is 23.3 Å². The lowest BCUT2D eigenvalue weighted by atomic mass is 9.99. The standard InChI is InChI=1S/C32H36F5N5O2/c1-19-16-42(17-20(2)40(19)3)29-14-27(34)24(22-6-4-5-21(11-22)18-41-9-7-23(33)8-10-41)12-28(29)39-31(44)25-15-38-30(43)13-26(25)32(35,36)37/h4-6,11-15,19-20,23H,7-10,16-18H2,1-3H3,(H,38,43)(H,39,44)/t19-,20+. The number of likely N-dealkylation sites (N-methyl/N-ethyl adjacent to an activating group) is 1. The number of benzene rings is 2. The number of aromatic amines is 1. The van der Waals surface area contributed by atoms with E-state index in [1.807, 2.05) is 37.9 Å². The fourth-order valence-electron chi connectivity index (χ4n) is 5.99. The molecule has 2 aliphatic rings. The Bertz CT molecular complexity index is 1560. The number of hydrogen-bond acceptors (Lipinski definition) is 5. The van der Waals surface area contributed by atoms with Gasteiger partial charge in [-0.1, -0.05) is 18.2 Å². The quantitative estimate of drug-likeness (QED) is 0.337. The molecular weight excluding hydrogens is 581 g/mol. The van der Waals surface area contributed by atoms with E-state index in [9.17, 15) is 27.2 Å². The van der Waals surface area contributed by atoms with Gasteiger partial charge in [-0.05, 0) is 63.1 Å². The number of pyridine rings is 1. The van der Waals surface area contributed by atoms with Gasteiger partial charge in [-0.2, -0.15) is 13.2 Å². The zero-order chi connectivity index (χ0) is 31.8. The Morgan fingerprint density at radius 1 is 1.05 bits per heavy atom. The highest BCUT2D eigenvalue weighted by Gasteiger charge is 2.36. The molecule has 0 bridgehead atoms. The van der Waals surface area contributed by atoms with Crippen molar-refractivity contribution >= 4 is 17.3 Å². The number of anilines is 2. The number of amides is 1. The van der Waals surface area contributed by atoms with Crippen molar-refractivity contribution in [3.8, 4) is 11.1 Å². The number of rotatable bonds is 6. The average Bonchev–Trinajstić information content (AvgIpc) is 2.97. The predicted molar refractivity (Wildman–Crippen MR) is 160 cm³/mol. The molecule has 0 spiro atoms. The van der Waals surface area contributed by atoms with Crippen LogP contribution in [0.3, 0.4) is 0 Å². The topological polar surface area (TPSA) is 71.7 Å². The van der Waals surface area contributed by atoms with Crippen molar-refractivity contribution in [3.63, 3.8) is 0 Å². The molecule has 2 aromatic carbocycles. The molecule has 2 aliphatic heterocycles. The minimum atomic E-state index is -4.94. The van der Waals surface area contributed by atoms with Gasteiger partial charge in [-0.15, -0.1) is 0 Å². The second-order valence-corrected chi connectivity index (χ2v) is 11.8. The van der Waals surface area contributed by atoms with Crippen LogP contribution in [0.4, 0.5) is 33.3 Å². The number of likely N-dealkylation sites (tertiary alicyclic amines) is 1. The van der Waals surface area contributed by atoms with Gasteiger partial charge in [-0.25, -0.2) is 8.78 Å². The summed E-state index contributed by atoms with van der Waals surface area (Å²) in [5.74, 6) is -1.64. The minimum absolute atomic E-state index is 0.0835. The summed E-state index contributed by atoms with van der Waals surface area (Å²) < 4.78 is 70.8.